The van der Waals surface area contributed by atoms with Crippen LogP contribution in [0.3, 0.4) is 0 Å². The summed E-state index contributed by atoms with van der Waals surface area (Å²) >= 11 is 1.70. The Hall–Kier alpha value is -2.21. The molecule has 0 aliphatic rings. The van der Waals surface area contributed by atoms with Crippen molar-refractivity contribution in [3.63, 3.8) is 0 Å². The molecule has 0 N–H and O–H groups in total. The Kier molecular flexibility index (Phi) is 8.46. The van der Waals surface area contributed by atoms with E-state index in [1.54, 1.807) is 24.2 Å². The first kappa shape index (κ1) is 24.4. The third-order valence-electron chi connectivity index (χ3n) is 5.75. The van der Waals surface area contributed by atoms with Gasteiger partial charge in [-0.2, -0.15) is 0 Å². The molecule has 168 valence electrons. The highest BCUT2D eigenvalue weighted by Crippen LogP contribution is 2.37. The van der Waals surface area contributed by atoms with Crippen LogP contribution < -0.4 is 10.4 Å². The second kappa shape index (κ2) is 11.1. The van der Waals surface area contributed by atoms with E-state index >= 15 is 0 Å². The third-order valence-corrected chi connectivity index (χ3v) is 11.8. The predicted molar refractivity (Wildman–Crippen MR) is 139 cm³/mol. The second-order valence-corrected chi connectivity index (χ2v) is 14.9. The molecule has 3 aromatic rings. The Morgan fingerprint density at radius 2 is 1.47 bits per heavy atom. The summed E-state index contributed by atoms with van der Waals surface area (Å²) in [5.74, 6) is 0.253. The van der Waals surface area contributed by atoms with E-state index in [9.17, 15) is 0 Å². The lowest BCUT2D eigenvalue weighted by molar-refractivity contribution is 0.253. The average Bonchev–Trinajstić information content (AvgIpc) is 2.80. The Morgan fingerprint density at radius 1 is 0.938 bits per heavy atom. The zero-order valence-corrected chi connectivity index (χ0v) is 21.4. The Morgan fingerprint density at radius 3 is 1.94 bits per heavy atom. The smallest absolute Gasteiger partial charge is 0.261 e. The summed E-state index contributed by atoms with van der Waals surface area (Å²) in [5.41, 5.74) is 0. The monoisotopic (exact) mass is 462 g/mol. The van der Waals surface area contributed by atoms with E-state index in [0.29, 0.717) is 11.9 Å². The minimum atomic E-state index is -2.53. The van der Waals surface area contributed by atoms with Crippen LogP contribution in [0.15, 0.2) is 96.9 Å². The summed E-state index contributed by atoms with van der Waals surface area (Å²) in [7, 11) is -2.53. The Labute approximate surface area is 198 Å². The fourth-order valence-corrected chi connectivity index (χ4v) is 9.79. The number of aromatic nitrogens is 2. The molecule has 0 amide bonds. The highest BCUT2D eigenvalue weighted by Gasteiger charge is 2.50. The SMILES string of the molecule is C=CC(CO[Si](c1ccccc1)(c1ccccc1)C(C)(C)C)CC(C)Sc1ncccn1. The molecular formula is C27H34N2OSSi. The van der Waals surface area contributed by atoms with Gasteiger partial charge in [-0.15, -0.1) is 6.58 Å². The van der Waals surface area contributed by atoms with Gasteiger partial charge in [-0.1, -0.05) is 106 Å². The van der Waals surface area contributed by atoms with Crippen LogP contribution >= 0.6 is 11.8 Å². The lowest BCUT2D eigenvalue weighted by atomic mass is 10.1. The summed E-state index contributed by atoms with van der Waals surface area (Å²) in [6, 6.07) is 23.4. The molecule has 1 aromatic heterocycles. The molecule has 2 atom stereocenters. The third kappa shape index (κ3) is 5.77. The molecule has 2 aromatic carbocycles. The molecule has 0 bridgehead atoms. The van der Waals surface area contributed by atoms with Crippen molar-refractivity contribution in [2.75, 3.05) is 6.61 Å². The highest BCUT2D eigenvalue weighted by molar-refractivity contribution is 7.99. The van der Waals surface area contributed by atoms with Gasteiger partial charge in [0.1, 0.15) is 0 Å². The number of nitrogens with zero attached hydrogens (tertiary/aromatic N) is 2. The maximum atomic E-state index is 7.10. The van der Waals surface area contributed by atoms with Gasteiger partial charge in [0.15, 0.2) is 5.16 Å². The number of rotatable bonds is 10. The quantitative estimate of drug-likeness (QED) is 0.167. The van der Waals surface area contributed by atoms with E-state index in [4.69, 9.17) is 4.43 Å². The number of benzene rings is 2. The summed E-state index contributed by atoms with van der Waals surface area (Å²) < 4.78 is 7.10. The first-order valence-electron chi connectivity index (χ1n) is 11.2. The van der Waals surface area contributed by atoms with Gasteiger partial charge in [-0.3, -0.25) is 0 Å². The molecule has 1 heterocycles. The molecule has 0 radical (unpaired) electrons. The maximum absolute atomic E-state index is 7.10. The molecule has 0 fully saturated rings. The van der Waals surface area contributed by atoms with Crippen molar-refractivity contribution >= 4 is 30.5 Å². The van der Waals surface area contributed by atoms with Crippen LogP contribution in [-0.2, 0) is 4.43 Å². The molecular weight excluding hydrogens is 428 g/mol. The number of hydrogen-bond acceptors (Lipinski definition) is 4. The fourth-order valence-electron chi connectivity index (χ4n) is 4.23. The molecule has 0 spiro atoms. The first-order valence-corrected chi connectivity index (χ1v) is 14.0. The zero-order valence-electron chi connectivity index (χ0n) is 19.6. The number of hydrogen-bond donors (Lipinski definition) is 0. The highest BCUT2D eigenvalue weighted by atomic mass is 32.2. The fraction of sp³-hybridized carbons (Fsp3) is 0.333. The van der Waals surface area contributed by atoms with Gasteiger partial charge in [0.05, 0.1) is 0 Å². The van der Waals surface area contributed by atoms with Gasteiger partial charge in [-0.25, -0.2) is 9.97 Å². The Bertz CT molecular complexity index is 922. The van der Waals surface area contributed by atoms with Gasteiger partial charge in [0.2, 0.25) is 0 Å². The van der Waals surface area contributed by atoms with E-state index < -0.39 is 8.32 Å². The molecule has 5 heteroatoms. The van der Waals surface area contributed by atoms with Crippen LogP contribution in [-0.4, -0.2) is 30.1 Å². The minimum absolute atomic E-state index is 0.0281. The van der Waals surface area contributed by atoms with Crippen molar-refractivity contribution in [1.29, 1.82) is 0 Å². The summed E-state index contributed by atoms with van der Waals surface area (Å²) in [6.07, 6.45) is 6.59. The predicted octanol–water partition coefficient (Wildman–Crippen LogP) is 5.73. The standard InChI is InChI=1S/C27H34N2OSSi/c1-6-23(20-22(2)31-26-28-18-13-19-29-26)21-30-32(27(3,4)5,24-14-9-7-10-15-24)25-16-11-8-12-17-25/h6-19,22-23H,1,20-21H2,2-5H3. The Balaban J connectivity index is 1.85. The van der Waals surface area contributed by atoms with E-state index in [1.807, 2.05) is 12.1 Å². The first-order chi connectivity index (χ1) is 15.4. The molecule has 3 nitrogen and oxygen atoms in total. The van der Waals surface area contributed by atoms with Crippen molar-refractivity contribution in [2.24, 2.45) is 5.92 Å². The van der Waals surface area contributed by atoms with Crippen molar-refractivity contribution in [3.05, 3.63) is 91.8 Å². The molecule has 2 unspecified atom stereocenters. The van der Waals surface area contributed by atoms with Crippen LogP contribution in [0, 0.1) is 5.92 Å². The van der Waals surface area contributed by atoms with E-state index in [2.05, 4.69) is 105 Å². The van der Waals surface area contributed by atoms with Gasteiger partial charge in [0, 0.05) is 24.3 Å². The number of thioether (sulfide) groups is 1. The second-order valence-electron chi connectivity index (χ2n) is 9.17. The van der Waals surface area contributed by atoms with Gasteiger partial charge in [-0.05, 0) is 33.8 Å². The van der Waals surface area contributed by atoms with Crippen LogP contribution in [0.1, 0.15) is 34.1 Å². The topological polar surface area (TPSA) is 35.0 Å². The van der Waals surface area contributed by atoms with Crippen molar-refractivity contribution in [2.45, 2.75) is 49.6 Å². The summed E-state index contributed by atoms with van der Waals surface area (Å²) in [6.45, 7) is 13.9. The average molecular weight is 463 g/mol. The van der Waals surface area contributed by atoms with E-state index in [0.717, 1.165) is 11.6 Å². The van der Waals surface area contributed by atoms with Gasteiger partial charge < -0.3 is 4.43 Å². The van der Waals surface area contributed by atoms with E-state index in [-0.39, 0.29) is 11.0 Å². The largest absolute Gasteiger partial charge is 0.407 e. The lowest BCUT2D eigenvalue weighted by Gasteiger charge is -2.43. The molecule has 32 heavy (non-hydrogen) atoms. The van der Waals surface area contributed by atoms with Crippen LogP contribution in [0.25, 0.3) is 0 Å². The van der Waals surface area contributed by atoms with Crippen molar-refractivity contribution in [1.82, 2.24) is 9.97 Å². The molecule has 0 aliphatic heterocycles. The maximum Gasteiger partial charge on any atom is 0.261 e. The zero-order chi connectivity index (χ0) is 23.0. The lowest BCUT2D eigenvalue weighted by Crippen LogP contribution is -2.66. The van der Waals surface area contributed by atoms with Gasteiger partial charge >= 0.3 is 0 Å². The van der Waals surface area contributed by atoms with Crippen LogP contribution in [0.2, 0.25) is 5.04 Å². The van der Waals surface area contributed by atoms with Crippen LogP contribution in [0.4, 0.5) is 0 Å². The molecule has 0 saturated heterocycles. The summed E-state index contributed by atoms with van der Waals surface area (Å²) in [4.78, 5) is 8.70. The van der Waals surface area contributed by atoms with Crippen molar-refractivity contribution < 1.29 is 4.43 Å². The molecule has 3 rings (SSSR count). The van der Waals surface area contributed by atoms with Crippen LogP contribution in [0.5, 0.6) is 0 Å². The normalized spacial score (nSPS) is 14.0. The summed E-state index contributed by atoms with van der Waals surface area (Å²) in [5, 5.41) is 3.77. The molecule has 0 saturated carbocycles. The van der Waals surface area contributed by atoms with Crippen molar-refractivity contribution in [3.8, 4) is 0 Å². The molecule has 0 aliphatic carbocycles. The van der Waals surface area contributed by atoms with Gasteiger partial charge in [0.25, 0.3) is 8.32 Å². The van der Waals surface area contributed by atoms with E-state index in [1.165, 1.54) is 10.4 Å². The minimum Gasteiger partial charge on any atom is -0.407 e.